The van der Waals surface area contributed by atoms with Crippen LogP contribution in [0.2, 0.25) is 0 Å². The quantitative estimate of drug-likeness (QED) is 0.486. The number of carbonyl (C=O) groups excluding carboxylic acids is 1. The molecule has 0 aliphatic heterocycles. The number of hydrogen-bond acceptors (Lipinski definition) is 4. The third-order valence-electron chi connectivity index (χ3n) is 3.96. The van der Waals surface area contributed by atoms with E-state index in [9.17, 15) is 13.2 Å². The molecule has 3 aromatic carbocycles. The van der Waals surface area contributed by atoms with Gasteiger partial charge in [0.25, 0.3) is 5.91 Å². The zero-order valence-electron chi connectivity index (χ0n) is 15.0. The van der Waals surface area contributed by atoms with Crippen molar-refractivity contribution in [3.8, 4) is 16.9 Å². The van der Waals surface area contributed by atoms with Crippen molar-refractivity contribution in [1.82, 2.24) is 5.32 Å². The van der Waals surface area contributed by atoms with Gasteiger partial charge in [0.05, 0.1) is 0 Å². The number of carbonyl (C=O) groups is 1. The molecule has 0 spiro atoms. The summed E-state index contributed by atoms with van der Waals surface area (Å²) >= 11 is 0. The summed E-state index contributed by atoms with van der Waals surface area (Å²) in [6.07, 6.45) is 1.54. The summed E-state index contributed by atoms with van der Waals surface area (Å²) in [6.45, 7) is 3.82. The third kappa shape index (κ3) is 4.47. The van der Waals surface area contributed by atoms with Crippen molar-refractivity contribution in [3.63, 3.8) is 0 Å². The number of hydrogen-bond donors (Lipinski definition) is 1. The lowest BCUT2D eigenvalue weighted by molar-refractivity contribution is 0.0958. The number of benzene rings is 3. The van der Waals surface area contributed by atoms with Crippen molar-refractivity contribution >= 4 is 16.0 Å². The largest absolute Gasteiger partial charge is 0.378 e. The van der Waals surface area contributed by atoms with Gasteiger partial charge in [0.2, 0.25) is 0 Å². The van der Waals surface area contributed by atoms with Gasteiger partial charge in [-0.25, -0.2) is 0 Å². The zero-order chi connectivity index (χ0) is 20.0. The fourth-order valence-electron chi connectivity index (χ4n) is 2.62. The Balaban J connectivity index is 1.92. The van der Waals surface area contributed by atoms with E-state index >= 15 is 0 Å². The van der Waals surface area contributed by atoms with Crippen LogP contribution >= 0.6 is 0 Å². The molecule has 0 heterocycles. The lowest BCUT2D eigenvalue weighted by Crippen LogP contribution is -2.23. The van der Waals surface area contributed by atoms with E-state index in [0.29, 0.717) is 5.56 Å². The van der Waals surface area contributed by atoms with Crippen molar-refractivity contribution < 1.29 is 17.4 Å². The maximum absolute atomic E-state index is 12.8. The van der Waals surface area contributed by atoms with Crippen molar-refractivity contribution in [2.24, 2.45) is 0 Å². The van der Waals surface area contributed by atoms with Gasteiger partial charge < -0.3 is 9.50 Å². The van der Waals surface area contributed by atoms with E-state index in [4.69, 9.17) is 4.18 Å². The molecule has 0 aliphatic rings. The van der Waals surface area contributed by atoms with Crippen molar-refractivity contribution in [2.45, 2.75) is 4.90 Å². The molecule has 0 unspecified atom stereocenters. The van der Waals surface area contributed by atoms with Gasteiger partial charge in [-0.3, -0.25) is 4.79 Å². The molecule has 5 nitrogen and oxygen atoms in total. The van der Waals surface area contributed by atoms with E-state index in [0.717, 1.165) is 5.56 Å². The van der Waals surface area contributed by atoms with Crippen molar-refractivity contribution in [3.05, 3.63) is 97.1 Å². The SMILES string of the molecule is C=CCNC(=O)c1cccc(S(=O)(=O)Oc2ccccc2-c2ccccc2)c1. The topological polar surface area (TPSA) is 72.5 Å². The van der Waals surface area contributed by atoms with Gasteiger partial charge in [-0.1, -0.05) is 60.7 Å². The molecule has 0 fully saturated rings. The Morgan fingerprint density at radius 1 is 0.964 bits per heavy atom. The molecule has 142 valence electrons. The first kappa shape index (κ1) is 19.4. The van der Waals surface area contributed by atoms with Crippen molar-refractivity contribution in [2.75, 3.05) is 6.54 Å². The highest BCUT2D eigenvalue weighted by molar-refractivity contribution is 7.87. The number of para-hydroxylation sites is 1. The second kappa shape index (κ2) is 8.54. The van der Waals surface area contributed by atoms with E-state index < -0.39 is 10.1 Å². The second-order valence-electron chi connectivity index (χ2n) is 5.93. The van der Waals surface area contributed by atoms with E-state index in [1.807, 2.05) is 36.4 Å². The van der Waals surface area contributed by atoms with E-state index in [1.165, 1.54) is 24.3 Å². The molecule has 1 amide bonds. The van der Waals surface area contributed by atoms with Crippen LogP contribution in [-0.2, 0) is 10.1 Å². The monoisotopic (exact) mass is 393 g/mol. The average Bonchev–Trinajstić information content (AvgIpc) is 2.73. The number of rotatable bonds is 7. The third-order valence-corrected chi connectivity index (χ3v) is 5.19. The Morgan fingerprint density at radius 3 is 2.43 bits per heavy atom. The van der Waals surface area contributed by atoms with Crippen molar-refractivity contribution in [1.29, 1.82) is 0 Å². The predicted molar refractivity (Wildman–Crippen MR) is 109 cm³/mol. The predicted octanol–water partition coefficient (Wildman–Crippen LogP) is 4.04. The van der Waals surface area contributed by atoms with E-state index in [2.05, 4.69) is 11.9 Å². The molecule has 0 aliphatic carbocycles. The van der Waals surface area contributed by atoms with Crippen LogP contribution in [0.25, 0.3) is 11.1 Å². The summed E-state index contributed by atoms with van der Waals surface area (Å²) in [6, 6.07) is 22.0. The molecule has 0 radical (unpaired) electrons. The molecular formula is C22H19NO4S. The van der Waals surface area contributed by atoms with Crippen LogP contribution < -0.4 is 9.50 Å². The van der Waals surface area contributed by atoms with Gasteiger partial charge in [0.15, 0.2) is 5.75 Å². The molecule has 0 bridgehead atoms. The van der Waals surface area contributed by atoms with Gasteiger partial charge >= 0.3 is 10.1 Å². The molecule has 0 saturated carbocycles. The van der Waals surface area contributed by atoms with Crippen LogP contribution in [0.4, 0.5) is 0 Å². The summed E-state index contributed by atoms with van der Waals surface area (Å²) in [5.74, 6) is -0.170. The fraction of sp³-hybridized carbons (Fsp3) is 0.0455. The summed E-state index contributed by atoms with van der Waals surface area (Å²) in [5, 5.41) is 2.61. The first-order valence-electron chi connectivity index (χ1n) is 8.59. The lowest BCUT2D eigenvalue weighted by atomic mass is 10.1. The van der Waals surface area contributed by atoms with Gasteiger partial charge in [-0.05, 0) is 29.8 Å². The molecule has 0 atom stereocenters. The average molecular weight is 393 g/mol. The van der Waals surface area contributed by atoms with Crippen LogP contribution in [0.15, 0.2) is 96.4 Å². The molecule has 28 heavy (non-hydrogen) atoms. The number of amides is 1. The van der Waals surface area contributed by atoms with Gasteiger partial charge in [0.1, 0.15) is 4.90 Å². The minimum atomic E-state index is -4.12. The molecule has 0 aromatic heterocycles. The van der Waals surface area contributed by atoms with Crippen LogP contribution in [0.1, 0.15) is 10.4 Å². The van der Waals surface area contributed by atoms with E-state index in [1.54, 1.807) is 24.3 Å². The molecular weight excluding hydrogens is 374 g/mol. The first-order valence-corrected chi connectivity index (χ1v) is 10.0. The zero-order valence-corrected chi connectivity index (χ0v) is 15.9. The molecule has 3 aromatic rings. The smallest absolute Gasteiger partial charge is 0.339 e. The van der Waals surface area contributed by atoms with E-state index in [-0.39, 0.29) is 28.7 Å². The highest BCUT2D eigenvalue weighted by atomic mass is 32.2. The highest BCUT2D eigenvalue weighted by Gasteiger charge is 2.20. The highest BCUT2D eigenvalue weighted by Crippen LogP contribution is 2.31. The molecule has 0 saturated heterocycles. The Kier molecular flexibility index (Phi) is 5.91. The minimum absolute atomic E-state index is 0.0957. The summed E-state index contributed by atoms with van der Waals surface area (Å²) in [5.41, 5.74) is 1.72. The fourth-order valence-corrected chi connectivity index (χ4v) is 3.62. The summed E-state index contributed by atoms with van der Waals surface area (Å²) < 4.78 is 31.0. The van der Waals surface area contributed by atoms with Crippen LogP contribution in [0.3, 0.4) is 0 Å². The Labute approximate surface area is 164 Å². The van der Waals surface area contributed by atoms with Crippen LogP contribution in [0.5, 0.6) is 5.75 Å². The van der Waals surface area contributed by atoms with Gasteiger partial charge in [0, 0.05) is 17.7 Å². The van der Waals surface area contributed by atoms with Gasteiger partial charge in [-0.15, -0.1) is 6.58 Å². The Bertz CT molecular complexity index is 1090. The number of nitrogens with one attached hydrogen (secondary N) is 1. The standard InChI is InChI=1S/C22H19NO4S/c1-2-15-23-22(24)18-11-8-12-19(16-18)28(25,26)27-21-14-7-6-13-20(21)17-9-4-3-5-10-17/h2-14,16H,1,15H2,(H,23,24). The van der Waals surface area contributed by atoms with Crippen LogP contribution in [0, 0.1) is 0 Å². The summed E-state index contributed by atoms with van der Waals surface area (Å²) in [4.78, 5) is 12.0. The molecule has 6 heteroatoms. The van der Waals surface area contributed by atoms with Gasteiger partial charge in [-0.2, -0.15) is 8.42 Å². The second-order valence-corrected chi connectivity index (χ2v) is 7.47. The maximum atomic E-state index is 12.8. The minimum Gasteiger partial charge on any atom is -0.378 e. The molecule has 1 N–H and O–H groups in total. The first-order chi connectivity index (χ1) is 13.5. The Hall–Kier alpha value is -3.38. The van der Waals surface area contributed by atoms with Crippen LogP contribution in [-0.4, -0.2) is 20.9 Å². The normalized spacial score (nSPS) is 10.9. The lowest BCUT2D eigenvalue weighted by Gasteiger charge is -2.12. The summed E-state index contributed by atoms with van der Waals surface area (Å²) in [7, 11) is -4.12. The molecule has 3 rings (SSSR count). The maximum Gasteiger partial charge on any atom is 0.339 e. The Morgan fingerprint density at radius 2 is 1.68 bits per heavy atom.